The van der Waals surface area contributed by atoms with Gasteiger partial charge in [0, 0.05) is 17.5 Å². The molecule has 0 aromatic carbocycles. The zero-order valence-electron chi connectivity index (χ0n) is 9.03. The van der Waals surface area contributed by atoms with E-state index in [1.54, 1.807) is 6.08 Å². The minimum atomic E-state index is -2.92. The number of nitrogens with one attached hydrogen (secondary N) is 1. The van der Waals surface area contributed by atoms with Gasteiger partial charge in [0.05, 0.1) is 5.75 Å². The van der Waals surface area contributed by atoms with E-state index >= 15 is 0 Å². The van der Waals surface area contributed by atoms with Gasteiger partial charge in [0.25, 0.3) is 0 Å². The summed E-state index contributed by atoms with van der Waals surface area (Å²) in [6.45, 7) is 6.42. The summed E-state index contributed by atoms with van der Waals surface area (Å²) >= 11 is 0. The van der Waals surface area contributed by atoms with Crippen LogP contribution in [0.4, 0.5) is 0 Å². The van der Waals surface area contributed by atoms with E-state index in [1.807, 2.05) is 0 Å². The molecule has 0 radical (unpaired) electrons. The van der Waals surface area contributed by atoms with E-state index in [9.17, 15) is 8.42 Å². The third-order valence-corrected chi connectivity index (χ3v) is 4.30. The second-order valence-electron chi connectivity index (χ2n) is 4.11. The van der Waals surface area contributed by atoms with Gasteiger partial charge in [-0.15, -0.1) is 0 Å². The summed E-state index contributed by atoms with van der Waals surface area (Å²) < 4.78 is 22.3. The molecule has 82 valence electrons. The molecule has 0 aromatic heterocycles. The van der Waals surface area contributed by atoms with Gasteiger partial charge >= 0.3 is 0 Å². The molecule has 1 heterocycles. The lowest BCUT2D eigenvalue weighted by Crippen LogP contribution is -2.40. The molecule has 0 spiro atoms. The Bertz CT molecular complexity index is 308. The first-order valence-electron chi connectivity index (χ1n) is 5.11. The van der Waals surface area contributed by atoms with E-state index in [1.165, 1.54) is 5.41 Å². The zero-order valence-corrected chi connectivity index (χ0v) is 9.84. The van der Waals surface area contributed by atoms with E-state index in [2.05, 4.69) is 26.1 Å². The molecule has 3 nitrogen and oxygen atoms in total. The van der Waals surface area contributed by atoms with Crippen molar-refractivity contribution in [1.29, 1.82) is 0 Å². The van der Waals surface area contributed by atoms with Crippen molar-refractivity contribution in [3.63, 3.8) is 0 Å². The highest BCUT2D eigenvalue weighted by atomic mass is 32.2. The lowest BCUT2D eigenvalue weighted by molar-refractivity contribution is 0.378. The highest BCUT2D eigenvalue weighted by molar-refractivity contribution is 7.94. The molecule has 1 rings (SSSR count). The van der Waals surface area contributed by atoms with Crippen LogP contribution in [0.15, 0.2) is 11.5 Å². The number of sulfone groups is 1. The van der Waals surface area contributed by atoms with Gasteiger partial charge in [0.1, 0.15) is 0 Å². The molecule has 0 aromatic rings. The Kier molecular flexibility index (Phi) is 3.72. The first-order chi connectivity index (χ1) is 6.44. The third kappa shape index (κ3) is 3.10. The van der Waals surface area contributed by atoms with E-state index in [0.29, 0.717) is 12.0 Å². The molecule has 0 bridgehead atoms. The summed E-state index contributed by atoms with van der Waals surface area (Å²) in [7, 11) is -2.92. The van der Waals surface area contributed by atoms with E-state index in [4.69, 9.17) is 0 Å². The first kappa shape index (κ1) is 11.7. The lowest BCUT2D eigenvalue weighted by atomic mass is 10.0. The minimum absolute atomic E-state index is 0.00370. The Morgan fingerprint density at radius 2 is 2.14 bits per heavy atom. The van der Waals surface area contributed by atoms with Crippen molar-refractivity contribution < 1.29 is 8.42 Å². The van der Waals surface area contributed by atoms with Crippen LogP contribution in [0.25, 0.3) is 0 Å². The van der Waals surface area contributed by atoms with Gasteiger partial charge in [-0.2, -0.15) is 0 Å². The van der Waals surface area contributed by atoms with Crippen LogP contribution in [0.3, 0.4) is 0 Å². The predicted molar refractivity (Wildman–Crippen MR) is 58.8 cm³/mol. The van der Waals surface area contributed by atoms with Gasteiger partial charge in [-0.1, -0.05) is 26.3 Å². The van der Waals surface area contributed by atoms with Crippen molar-refractivity contribution in [2.75, 3.05) is 5.75 Å². The summed E-state index contributed by atoms with van der Waals surface area (Å²) in [6.07, 6.45) is 2.85. The Morgan fingerprint density at radius 3 is 2.57 bits per heavy atom. The Balaban J connectivity index is 2.45. The molecule has 0 saturated heterocycles. The molecule has 3 atom stereocenters. The molecule has 4 heteroatoms. The van der Waals surface area contributed by atoms with Crippen molar-refractivity contribution >= 4 is 9.84 Å². The van der Waals surface area contributed by atoms with Gasteiger partial charge in [-0.05, 0) is 12.8 Å². The fraction of sp³-hybridized carbons (Fsp3) is 0.800. The smallest absolute Gasteiger partial charge is 0.173 e. The van der Waals surface area contributed by atoms with Crippen LogP contribution in [-0.4, -0.2) is 26.3 Å². The normalized spacial score (nSPS) is 28.9. The van der Waals surface area contributed by atoms with Crippen molar-refractivity contribution in [3.8, 4) is 0 Å². The maximum Gasteiger partial charge on any atom is 0.173 e. The van der Waals surface area contributed by atoms with Crippen LogP contribution in [0, 0.1) is 5.92 Å². The number of hydrogen-bond acceptors (Lipinski definition) is 3. The van der Waals surface area contributed by atoms with E-state index in [0.717, 1.165) is 6.42 Å². The monoisotopic (exact) mass is 217 g/mol. The van der Waals surface area contributed by atoms with Gasteiger partial charge in [-0.25, -0.2) is 8.42 Å². The second-order valence-corrected chi connectivity index (χ2v) is 6.04. The van der Waals surface area contributed by atoms with Crippen molar-refractivity contribution in [2.45, 2.75) is 39.3 Å². The molecule has 1 aliphatic heterocycles. The first-order valence-corrected chi connectivity index (χ1v) is 6.83. The Morgan fingerprint density at radius 1 is 1.50 bits per heavy atom. The fourth-order valence-electron chi connectivity index (χ4n) is 1.54. The highest BCUT2D eigenvalue weighted by Crippen LogP contribution is 2.12. The van der Waals surface area contributed by atoms with Crippen LogP contribution < -0.4 is 5.32 Å². The lowest BCUT2D eigenvalue weighted by Gasteiger charge is -2.22. The number of hydrogen-bond donors (Lipinski definition) is 1. The molecule has 0 aliphatic carbocycles. The number of rotatable bonds is 4. The average molecular weight is 217 g/mol. The van der Waals surface area contributed by atoms with Crippen LogP contribution >= 0.6 is 0 Å². The largest absolute Gasteiger partial charge is 0.307 e. The van der Waals surface area contributed by atoms with Gasteiger partial charge in [0.2, 0.25) is 0 Å². The molecule has 1 N–H and O–H groups in total. The SMILES string of the molecule is CCC(C)C(C)NC1C=CS(=O)(=O)C1. The predicted octanol–water partition coefficient (Wildman–Crippen LogP) is 1.32. The van der Waals surface area contributed by atoms with Gasteiger partial charge < -0.3 is 5.32 Å². The molecule has 0 fully saturated rings. The maximum absolute atomic E-state index is 11.1. The van der Waals surface area contributed by atoms with E-state index in [-0.39, 0.29) is 11.8 Å². The van der Waals surface area contributed by atoms with Crippen LogP contribution in [0.1, 0.15) is 27.2 Å². The molecule has 3 unspecified atom stereocenters. The van der Waals surface area contributed by atoms with Gasteiger partial charge in [0.15, 0.2) is 9.84 Å². The standard InChI is InChI=1S/C10H19NO2S/c1-4-8(2)9(3)11-10-5-6-14(12,13)7-10/h5-6,8-11H,4,7H2,1-3H3. The van der Waals surface area contributed by atoms with Crippen molar-refractivity contribution in [3.05, 3.63) is 11.5 Å². The third-order valence-electron chi connectivity index (χ3n) is 2.90. The summed E-state index contributed by atoms with van der Waals surface area (Å²) in [5.41, 5.74) is 0. The molecule has 0 amide bonds. The Hall–Kier alpha value is -0.350. The molecule has 14 heavy (non-hydrogen) atoms. The van der Waals surface area contributed by atoms with Crippen molar-refractivity contribution in [2.24, 2.45) is 5.92 Å². The molecular formula is C10H19NO2S. The zero-order chi connectivity index (χ0) is 10.8. The summed E-state index contributed by atoms with van der Waals surface area (Å²) in [5.74, 6) is 0.792. The summed E-state index contributed by atoms with van der Waals surface area (Å²) in [4.78, 5) is 0. The minimum Gasteiger partial charge on any atom is -0.307 e. The maximum atomic E-state index is 11.1. The molecule has 1 aliphatic rings. The summed E-state index contributed by atoms with van der Waals surface area (Å²) in [5, 5.41) is 4.63. The summed E-state index contributed by atoms with van der Waals surface area (Å²) in [6, 6.07) is 0.368. The fourth-order valence-corrected chi connectivity index (χ4v) is 2.78. The van der Waals surface area contributed by atoms with Crippen LogP contribution in [0.2, 0.25) is 0 Å². The van der Waals surface area contributed by atoms with Crippen molar-refractivity contribution in [1.82, 2.24) is 5.32 Å². The molecule has 0 saturated carbocycles. The highest BCUT2D eigenvalue weighted by Gasteiger charge is 2.23. The van der Waals surface area contributed by atoms with Gasteiger partial charge in [-0.3, -0.25) is 0 Å². The molecular weight excluding hydrogens is 198 g/mol. The van der Waals surface area contributed by atoms with Crippen LogP contribution in [-0.2, 0) is 9.84 Å². The topological polar surface area (TPSA) is 46.2 Å². The average Bonchev–Trinajstić information content (AvgIpc) is 2.44. The second kappa shape index (κ2) is 4.45. The van der Waals surface area contributed by atoms with E-state index < -0.39 is 9.84 Å². The van der Waals surface area contributed by atoms with Crippen LogP contribution in [0.5, 0.6) is 0 Å². The Labute approximate surface area is 86.5 Å². The quantitative estimate of drug-likeness (QED) is 0.772.